The molecule has 178 valence electrons. The van der Waals surface area contributed by atoms with Gasteiger partial charge in [-0.25, -0.2) is 4.98 Å². The molecule has 5 heterocycles. The van der Waals surface area contributed by atoms with Gasteiger partial charge in [0, 0.05) is 75.2 Å². The number of aromatic nitrogens is 2. The monoisotopic (exact) mass is 460 g/mol. The lowest BCUT2D eigenvalue weighted by Gasteiger charge is -2.43. The summed E-state index contributed by atoms with van der Waals surface area (Å²) >= 11 is 0. The number of nitrogens with two attached hydrogens (primary N) is 1. The molecule has 2 saturated heterocycles. The molecule has 6 rings (SSSR count). The van der Waals surface area contributed by atoms with Gasteiger partial charge in [0.05, 0.1) is 24.9 Å². The van der Waals surface area contributed by atoms with Crippen LogP contribution in [0.3, 0.4) is 0 Å². The second kappa shape index (κ2) is 8.37. The van der Waals surface area contributed by atoms with E-state index in [4.69, 9.17) is 10.5 Å². The first-order valence-corrected chi connectivity index (χ1v) is 12.2. The average molecular weight is 461 g/mol. The molecule has 2 aromatic heterocycles. The largest absolute Gasteiger partial charge is 0.378 e. The Morgan fingerprint density at radius 1 is 1.12 bits per heavy atom. The van der Waals surface area contributed by atoms with Crippen LogP contribution in [0.15, 0.2) is 47.4 Å². The van der Waals surface area contributed by atoms with Crippen LogP contribution in [0.4, 0.5) is 11.4 Å². The predicted octanol–water partition coefficient (Wildman–Crippen LogP) is 1.86. The second-order valence-corrected chi connectivity index (χ2v) is 9.91. The first kappa shape index (κ1) is 21.6. The fraction of sp³-hybridized carbons (Fsp3) is 0.462. The zero-order chi connectivity index (χ0) is 23.4. The normalized spacial score (nSPS) is 25.3. The third-order valence-electron chi connectivity index (χ3n) is 7.65. The molecule has 8 nitrogen and oxygen atoms in total. The smallest absolute Gasteiger partial charge is 0.253 e. The Morgan fingerprint density at radius 2 is 2.00 bits per heavy atom. The molecular formula is C26H32N6O2. The van der Waals surface area contributed by atoms with Crippen LogP contribution in [-0.2, 0) is 18.3 Å². The molecule has 1 aromatic carbocycles. The van der Waals surface area contributed by atoms with Crippen LogP contribution in [-0.4, -0.2) is 65.9 Å². The fourth-order valence-corrected chi connectivity index (χ4v) is 5.90. The van der Waals surface area contributed by atoms with Crippen molar-refractivity contribution in [2.45, 2.75) is 31.6 Å². The summed E-state index contributed by atoms with van der Waals surface area (Å²) in [4.78, 5) is 24.5. The fourth-order valence-electron chi connectivity index (χ4n) is 5.90. The molecule has 0 spiro atoms. The number of pyridine rings is 2. The Bertz CT molecular complexity index is 1290. The summed E-state index contributed by atoms with van der Waals surface area (Å²) in [7, 11) is 1.79. The van der Waals surface area contributed by atoms with Crippen LogP contribution >= 0.6 is 0 Å². The molecule has 3 aromatic rings. The van der Waals surface area contributed by atoms with Gasteiger partial charge in [-0.3, -0.25) is 14.3 Å². The van der Waals surface area contributed by atoms with Crippen LogP contribution in [0.5, 0.6) is 0 Å². The molecule has 0 aliphatic carbocycles. The maximum atomic E-state index is 12.7. The van der Waals surface area contributed by atoms with E-state index in [1.165, 1.54) is 16.8 Å². The molecule has 2 fully saturated rings. The molecule has 2 N–H and O–H groups in total. The highest BCUT2D eigenvalue weighted by Gasteiger charge is 2.39. The molecule has 34 heavy (non-hydrogen) atoms. The van der Waals surface area contributed by atoms with Crippen LogP contribution in [0.25, 0.3) is 11.0 Å². The molecular weight excluding hydrogens is 428 g/mol. The van der Waals surface area contributed by atoms with E-state index in [0.29, 0.717) is 25.3 Å². The molecule has 3 aliphatic rings. The second-order valence-electron chi connectivity index (χ2n) is 9.91. The van der Waals surface area contributed by atoms with Crippen molar-refractivity contribution in [3.63, 3.8) is 0 Å². The number of aryl methyl sites for hydroxylation is 1. The van der Waals surface area contributed by atoms with E-state index in [2.05, 4.69) is 50.9 Å². The maximum absolute atomic E-state index is 12.7. The highest BCUT2D eigenvalue weighted by molar-refractivity contribution is 5.89. The van der Waals surface area contributed by atoms with Crippen molar-refractivity contribution in [2.75, 3.05) is 49.2 Å². The van der Waals surface area contributed by atoms with Gasteiger partial charge in [-0.2, -0.15) is 0 Å². The Hall–Kier alpha value is -2.94. The zero-order valence-electron chi connectivity index (χ0n) is 19.9. The van der Waals surface area contributed by atoms with Gasteiger partial charge in [0.25, 0.3) is 5.56 Å². The molecule has 0 radical (unpaired) electrons. The summed E-state index contributed by atoms with van der Waals surface area (Å²) in [5, 5.41) is 1.03. The van der Waals surface area contributed by atoms with Crippen molar-refractivity contribution in [1.29, 1.82) is 0 Å². The first-order valence-electron chi connectivity index (χ1n) is 12.2. The van der Waals surface area contributed by atoms with Gasteiger partial charge in [-0.05, 0) is 42.3 Å². The van der Waals surface area contributed by atoms with E-state index in [-0.39, 0.29) is 11.6 Å². The molecule has 0 saturated carbocycles. The number of hydrogen-bond donors (Lipinski definition) is 1. The molecule has 3 atom stereocenters. The SMILES string of the molecule is C[C@@H]1CN(c2cc(=O)n(C)c3ncccc23)C[C@@H]2c3ccc(N4CCOC[C@H](N)C4)cc3CN12. The summed E-state index contributed by atoms with van der Waals surface area (Å²) in [6, 6.07) is 13.4. The van der Waals surface area contributed by atoms with E-state index in [9.17, 15) is 4.79 Å². The standard InChI is InChI=1S/C26H32N6O2/c1-17-12-31(23-11-25(33)29(2)26-22(23)4-3-7-28-26)15-24-21-6-5-20(10-18(21)13-32(17)24)30-8-9-34-16-19(27)14-30/h3-7,10-11,17,19,24H,8-9,12-16,27H2,1-2H3/t17-,19-,24-/m1/s1. The number of rotatable bonds is 2. The number of fused-ring (bicyclic) bond motifs is 4. The zero-order valence-corrected chi connectivity index (χ0v) is 19.9. The molecule has 0 bridgehead atoms. The number of benzene rings is 1. The van der Waals surface area contributed by atoms with Gasteiger partial charge < -0.3 is 20.3 Å². The summed E-state index contributed by atoms with van der Waals surface area (Å²) < 4.78 is 7.26. The number of piperazine rings is 1. The average Bonchev–Trinajstić information content (AvgIpc) is 3.07. The van der Waals surface area contributed by atoms with Crippen molar-refractivity contribution in [2.24, 2.45) is 12.8 Å². The van der Waals surface area contributed by atoms with Crippen molar-refractivity contribution < 1.29 is 4.74 Å². The third kappa shape index (κ3) is 3.57. The minimum absolute atomic E-state index is 0.0209. The van der Waals surface area contributed by atoms with E-state index >= 15 is 0 Å². The van der Waals surface area contributed by atoms with Gasteiger partial charge in [-0.1, -0.05) is 6.07 Å². The van der Waals surface area contributed by atoms with Crippen molar-refractivity contribution in [3.8, 4) is 0 Å². The van der Waals surface area contributed by atoms with Crippen LogP contribution in [0.2, 0.25) is 0 Å². The Kier molecular flexibility index (Phi) is 5.32. The summed E-state index contributed by atoms with van der Waals surface area (Å²) in [5.74, 6) is 0. The van der Waals surface area contributed by atoms with Gasteiger partial charge in [0.15, 0.2) is 0 Å². The summed E-state index contributed by atoms with van der Waals surface area (Å²) in [6.45, 7) is 8.01. The van der Waals surface area contributed by atoms with E-state index in [0.717, 1.165) is 49.4 Å². The molecule has 0 unspecified atom stereocenters. The predicted molar refractivity (Wildman–Crippen MR) is 134 cm³/mol. The van der Waals surface area contributed by atoms with Crippen LogP contribution < -0.4 is 21.1 Å². The lowest BCUT2D eigenvalue weighted by atomic mass is 10.00. The molecule has 8 heteroatoms. The Morgan fingerprint density at radius 3 is 2.88 bits per heavy atom. The minimum atomic E-state index is -0.0209. The van der Waals surface area contributed by atoms with Gasteiger partial charge >= 0.3 is 0 Å². The van der Waals surface area contributed by atoms with Crippen LogP contribution in [0.1, 0.15) is 24.1 Å². The van der Waals surface area contributed by atoms with Gasteiger partial charge in [0.2, 0.25) is 0 Å². The number of nitrogens with zero attached hydrogens (tertiary/aromatic N) is 5. The summed E-state index contributed by atoms with van der Waals surface area (Å²) in [5.41, 5.74) is 11.9. The Balaban J connectivity index is 1.33. The van der Waals surface area contributed by atoms with Crippen molar-refractivity contribution >= 4 is 22.4 Å². The molecule has 3 aliphatic heterocycles. The first-order chi connectivity index (χ1) is 16.5. The van der Waals surface area contributed by atoms with E-state index < -0.39 is 0 Å². The molecule has 0 amide bonds. The van der Waals surface area contributed by atoms with Gasteiger partial charge in [0.1, 0.15) is 5.65 Å². The highest BCUT2D eigenvalue weighted by Crippen LogP contribution is 2.41. The van der Waals surface area contributed by atoms with Gasteiger partial charge in [-0.15, -0.1) is 0 Å². The number of ether oxygens (including phenoxy) is 1. The van der Waals surface area contributed by atoms with E-state index in [1.54, 1.807) is 23.9 Å². The highest BCUT2D eigenvalue weighted by atomic mass is 16.5. The van der Waals surface area contributed by atoms with Crippen molar-refractivity contribution in [3.05, 3.63) is 64.1 Å². The van der Waals surface area contributed by atoms with Crippen molar-refractivity contribution in [1.82, 2.24) is 14.5 Å². The third-order valence-corrected chi connectivity index (χ3v) is 7.65. The Labute approximate surface area is 199 Å². The number of hydrogen-bond acceptors (Lipinski definition) is 7. The van der Waals surface area contributed by atoms with E-state index in [1.807, 2.05) is 6.07 Å². The summed E-state index contributed by atoms with van der Waals surface area (Å²) in [6.07, 6.45) is 1.75. The number of anilines is 2. The lowest BCUT2D eigenvalue weighted by Crippen LogP contribution is -2.51. The lowest BCUT2D eigenvalue weighted by molar-refractivity contribution is 0.134. The topological polar surface area (TPSA) is 79.9 Å². The van der Waals surface area contributed by atoms with Crippen LogP contribution in [0, 0.1) is 0 Å². The minimum Gasteiger partial charge on any atom is -0.378 e. The quantitative estimate of drug-likeness (QED) is 0.625. The maximum Gasteiger partial charge on any atom is 0.253 e.